The van der Waals surface area contributed by atoms with Gasteiger partial charge in [-0.3, -0.25) is 10.6 Å². The highest BCUT2D eigenvalue weighted by Gasteiger charge is 2.33. The van der Waals surface area contributed by atoms with E-state index in [4.69, 9.17) is 23.7 Å². The van der Waals surface area contributed by atoms with Crippen molar-refractivity contribution in [1.82, 2.24) is 0 Å². The Morgan fingerprint density at radius 1 is 0.744 bits per heavy atom. The average Bonchev–Trinajstić information content (AvgIpc) is 3.32. The van der Waals surface area contributed by atoms with Crippen LogP contribution in [0.25, 0.3) is 0 Å². The first-order valence-electron chi connectivity index (χ1n) is 13.3. The summed E-state index contributed by atoms with van der Waals surface area (Å²) >= 11 is 0. The molecule has 2 heterocycles. The first-order chi connectivity index (χ1) is 18.0. The average molecular weight is 541 g/mol. The summed E-state index contributed by atoms with van der Waals surface area (Å²) in [5.41, 5.74) is 3.28. The van der Waals surface area contributed by atoms with Crippen molar-refractivity contribution < 1.29 is 33.3 Å². The van der Waals surface area contributed by atoms with Crippen LogP contribution in [0.3, 0.4) is 0 Å². The van der Waals surface area contributed by atoms with E-state index in [1.807, 2.05) is 81.4 Å². The fourth-order valence-electron chi connectivity index (χ4n) is 4.80. The highest BCUT2D eigenvalue weighted by molar-refractivity contribution is 5.90. The van der Waals surface area contributed by atoms with E-state index in [-0.39, 0.29) is 12.2 Å². The Kier molecular flexibility index (Phi) is 7.40. The van der Waals surface area contributed by atoms with Gasteiger partial charge in [-0.1, -0.05) is 0 Å². The lowest BCUT2D eigenvalue weighted by atomic mass is 10.0. The zero-order valence-corrected chi connectivity index (χ0v) is 24.6. The van der Waals surface area contributed by atoms with Gasteiger partial charge in [-0.15, -0.1) is 0 Å². The number of carbonyl (C=O) groups is 2. The molecule has 2 atom stereocenters. The predicted octanol–water partition coefficient (Wildman–Crippen LogP) is 7.44. The first-order valence-corrected chi connectivity index (χ1v) is 13.3. The molecule has 0 saturated carbocycles. The maximum absolute atomic E-state index is 12.5. The van der Waals surface area contributed by atoms with E-state index < -0.39 is 23.4 Å². The molecule has 4 rings (SSSR count). The Bertz CT molecular complexity index is 1200. The molecule has 2 aromatic rings. The number of carbonyl (C=O) groups excluding carboxylic acids is 2. The number of nitrogens with one attached hydrogen (secondary N) is 2. The predicted molar refractivity (Wildman–Crippen MR) is 150 cm³/mol. The second-order valence-corrected chi connectivity index (χ2v) is 12.4. The molecule has 0 aliphatic carbocycles. The lowest BCUT2D eigenvalue weighted by Crippen LogP contribution is -2.27. The molecule has 39 heavy (non-hydrogen) atoms. The molecule has 212 valence electrons. The van der Waals surface area contributed by atoms with E-state index >= 15 is 0 Å². The van der Waals surface area contributed by atoms with E-state index in [0.717, 1.165) is 22.3 Å². The van der Waals surface area contributed by atoms with Crippen LogP contribution in [0.4, 0.5) is 21.0 Å². The third-order valence-electron chi connectivity index (χ3n) is 6.12. The number of benzene rings is 2. The van der Waals surface area contributed by atoms with Gasteiger partial charge in [-0.05, 0) is 92.5 Å². The largest absolute Gasteiger partial charge is 0.488 e. The first kappa shape index (κ1) is 28.4. The van der Waals surface area contributed by atoms with E-state index in [0.29, 0.717) is 47.2 Å². The number of hydrogen-bond acceptors (Lipinski definition) is 7. The maximum Gasteiger partial charge on any atom is 0.412 e. The molecule has 2 aliphatic heterocycles. The third-order valence-corrected chi connectivity index (χ3v) is 6.12. The normalized spacial score (nSPS) is 17.9. The van der Waals surface area contributed by atoms with Gasteiger partial charge in [-0.25, -0.2) is 9.59 Å². The summed E-state index contributed by atoms with van der Waals surface area (Å²) in [5.74, 6) is 2.52. The maximum atomic E-state index is 12.5. The van der Waals surface area contributed by atoms with Crippen molar-refractivity contribution in [3.8, 4) is 23.0 Å². The summed E-state index contributed by atoms with van der Waals surface area (Å²) in [6.45, 7) is 18.7. The topological polar surface area (TPSA) is 104 Å². The molecule has 2 aromatic carbocycles. The molecule has 0 radical (unpaired) electrons. The molecule has 9 heteroatoms. The van der Waals surface area contributed by atoms with Crippen LogP contribution in [0.2, 0.25) is 0 Å². The molecule has 0 fully saturated rings. The quantitative estimate of drug-likeness (QED) is 0.415. The lowest BCUT2D eigenvalue weighted by molar-refractivity contribution is 0.0624. The zero-order chi connectivity index (χ0) is 28.9. The monoisotopic (exact) mass is 540 g/mol. The smallest absolute Gasteiger partial charge is 0.412 e. The summed E-state index contributed by atoms with van der Waals surface area (Å²) in [6.07, 6.45) is -0.01000. The molecule has 0 bridgehead atoms. The molecule has 2 amide bonds. The highest BCUT2D eigenvalue weighted by atomic mass is 16.6. The Balaban J connectivity index is 1.69. The number of aryl methyl sites for hydroxylation is 2. The van der Waals surface area contributed by atoms with Crippen molar-refractivity contribution in [2.24, 2.45) is 0 Å². The van der Waals surface area contributed by atoms with E-state index in [9.17, 15) is 9.59 Å². The van der Waals surface area contributed by atoms with Crippen LogP contribution in [0, 0.1) is 13.8 Å². The van der Waals surface area contributed by atoms with Crippen LogP contribution < -0.4 is 24.8 Å². The molecular weight excluding hydrogens is 500 g/mol. The standard InChI is InChI=1S/C30H40N2O7/c1-15-11-21(31-27(33)38-29(5,6)7)25-19(13-17(3)35-25)23(15)37-24-16(2)12-22(26-20(24)14-18(4)36-26)32-28(34)39-30(8,9)10/h11-12,17-18H,13-14H2,1-10H3,(H,31,33)(H,32,34)/t17-,18-/m1/s1. The lowest BCUT2D eigenvalue weighted by Gasteiger charge is -2.22. The summed E-state index contributed by atoms with van der Waals surface area (Å²) in [6, 6.07) is 3.67. The molecule has 2 aliphatic rings. The van der Waals surface area contributed by atoms with Crippen LogP contribution in [-0.2, 0) is 22.3 Å². The number of hydrogen-bond donors (Lipinski definition) is 2. The second-order valence-electron chi connectivity index (χ2n) is 12.4. The number of fused-ring (bicyclic) bond motifs is 2. The Hall–Kier alpha value is -3.62. The van der Waals surface area contributed by atoms with Crippen LogP contribution in [0.15, 0.2) is 12.1 Å². The minimum atomic E-state index is -0.624. The van der Waals surface area contributed by atoms with Crippen molar-refractivity contribution in [3.63, 3.8) is 0 Å². The van der Waals surface area contributed by atoms with Crippen molar-refractivity contribution >= 4 is 23.6 Å². The van der Waals surface area contributed by atoms with Gasteiger partial charge in [0.25, 0.3) is 0 Å². The van der Waals surface area contributed by atoms with E-state index in [1.165, 1.54) is 0 Å². The van der Waals surface area contributed by atoms with Crippen LogP contribution >= 0.6 is 0 Å². The summed E-state index contributed by atoms with van der Waals surface area (Å²) in [4.78, 5) is 25.0. The molecular formula is C30H40N2O7. The third kappa shape index (κ3) is 6.52. The van der Waals surface area contributed by atoms with Gasteiger partial charge < -0.3 is 23.7 Å². The Labute approximate surface area is 230 Å². The van der Waals surface area contributed by atoms with Gasteiger partial charge >= 0.3 is 12.2 Å². The minimum Gasteiger partial charge on any atom is -0.488 e. The second kappa shape index (κ2) is 10.2. The SMILES string of the molecule is Cc1cc(NC(=O)OC(C)(C)C)c2c(c1Oc1c(C)cc(NC(=O)OC(C)(C)C)c3c1C[C@@H](C)O3)C[C@@H](C)O2. The van der Waals surface area contributed by atoms with E-state index in [1.54, 1.807) is 0 Å². The van der Waals surface area contributed by atoms with Gasteiger partial charge in [0.1, 0.15) is 46.4 Å². The fraction of sp³-hybridized carbons (Fsp3) is 0.533. The number of rotatable bonds is 4. The molecule has 0 saturated heterocycles. The van der Waals surface area contributed by atoms with Gasteiger partial charge in [0, 0.05) is 24.0 Å². The molecule has 9 nitrogen and oxygen atoms in total. The molecule has 2 N–H and O–H groups in total. The van der Waals surface area contributed by atoms with Crippen molar-refractivity contribution in [3.05, 3.63) is 34.4 Å². The van der Waals surface area contributed by atoms with Crippen LogP contribution in [0.1, 0.15) is 77.6 Å². The number of amides is 2. The van der Waals surface area contributed by atoms with Gasteiger partial charge in [0.15, 0.2) is 0 Å². The summed E-state index contributed by atoms with van der Waals surface area (Å²) in [5, 5.41) is 5.68. The number of anilines is 2. The summed E-state index contributed by atoms with van der Waals surface area (Å²) < 4.78 is 29.8. The van der Waals surface area contributed by atoms with Gasteiger partial charge in [0.2, 0.25) is 0 Å². The molecule has 0 unspecified atom stereocenters. The summed E-state index contributed by atoms with van der Waals surface area (Å²) in [7, 11) is 0. The van der Waals surface area contributed by atoms with Gasteiger partial charge in [-0.2, -0.15) is 0 Å². The minimum absolute atomic E-state index is 0.0843. The van der Waals surface area contributed by atoms with Gasteiger partial charge in [0.05, 0.1) is 11.4 Å². The Morgan fingerprint density at radius 2 is 1.10 bits per heavy atom. The van der Waals surface area contributed by atoms with Crippen molar-refractivity contribution in [2.45, 2.75) is 105 Å². The molecule has 0 aromatic heterocycles. The highest BCUT2D eigenvalue weighted by Crippen LogP contribution is 2.50. The van der Waals surface area contributed by atoms with Crippen molar-refractivity contribution in [1.29, 1.82) is 0 Å². The van der Waals surface area contributed by atoms with Crippen LogP contribution in [-0.4, -0.2) is 35.6 Å². The number of ether oxygens (including phenoxy) is 5. The van der Waals surface area contributed by atoms with Crippen molar-refractivity contribution in [2.75, 3.05) is 10.6 Å². The zero-order valence-electron chi connectivity index (χ0n) is 24.6. The fourth-order valence-corrected chi connectivity index (χ4v) is 4.80. The Morgan fingerprint density at radius 3 is 1.44 bits per heavy atom. The van der Waals surface area contributed by atoms with Crippen LogP contribution in [0.5, 0.6) is 23.0 Å². The molecule has 0 spiro atoms. The van der Waals surface area contributed by atoms with E-state index in [2.05, 4.69) is 10.6 Å².